The van der Waals surface area contributed by atoms with E-state index in [0.29, 0.717) is 18.4 Å². The third-order valence-electron chi connectivity index (χ3n) is 9.18. The first kappa shape index (κ1) is 26.9. The number of ether oxygens (including phenoxy) is 1. The molecule has 0 spiro atoms. The van der Waals surface area contributed by atoms with Gasteiger partial charge in [0.15, 0.2) is 34.7 Å². The minimum atomic E-state index is -3.04. The zero-order valence-corrected chi connectivity index (χ0v) is 21.7. The Hall–Kier alpha value is -3.64. The first-order valence-electron chi connectivity index (χ1n) is 12.9. The molecule has 5 rings (SSSR count). The number of amides is 1. The van der Waals surface area contributed by atoms with Crippen molar-refractivity contribution in [3.8, 4) is 5.75 Å². The van der Waals surface area contributed by atoms with Crippen LogP contribution in [-0.4, -0.2) is 82.0 Å². The Morgan fingerprint density at radius 1 is 1.10 bits per heavy atom. The molecule has 0 saturated heterocycles. The van der Waals surface area contributed by atoms with Gasteiger partial charge in [0.25, 0.3) is 0 Å². The average molecular weight is 542 g/mol. The summed E-state index contributed by atoms with van der Waals surface area (Å²) in [6.45, 7) is 1.67. The normalized spacial score (nSPS) is 36.1. The number of nitrogens with zero attached hydrogens (tertiary/aromatic N) is 1. The molecule has 4 aliphatic carbocycles. The number of nitrogen functional groups attached to an aromatic ring is 1. The Labute approximate surface area is 223 Å². The van der Waals surface area contributed by atoms with Gasteiger partial charge >= 0.3 is 5.97 Å². The maximum Gasteiger partial charge on any atom is 0.309 e. The second-order valence-corrected chi connectivity index (χ2v) is 11.4. The van der Waals surface area contributed by atoms with E-state index < -0.39 is 94.0 Å². The monoisotopic (exact) mass is 541 g/mol. The van der Waals surface area contributed by atoms with Crippen molar-refractivity contribution in [2.75, 3.05) is 19.8 Å². The molecule has 39 heavy (non-hydrogen) atoms. The van der Waals surface area contributed by atoms with E-state index in [1.54, 1.807) is 6.92 Å². The summed E-state index contributed by atoms with van der Waals surface area (Å²) in [7, 11) is 2.92. The van der Waals surface area contributed by atoms with Crippen molar-refractivity contribution in [2.24, 2.45) is 35.3 Å². The van der Waals surface area contributed by atoms with E-state index >= 15 is 0 Å². The number of carbonyl (C=O) groups excluding carboxylic acids is 6. The molecule has 0 radical (unpaired) electrons. The number of aliphatic hydroxyl groups is 1. The number of ketones is 4. The maximum absolute atomic E-state index is 14.1. The number of esters is 1. The number of benzene rings is 1. The van der Waals surface area contributed by atoms with E-state index in [1.807, 2.05) is 0 Å². The van der Waals surface area contributed by atoms with Gasteiger partial charge in [0, 0.05) is 5.92 Å². The van der Waals surface area contributed by atoms with Gasteiger partial charge < -0.3 is 26.4 Å². The summed E-state index contributed by atoms with van der Waals surface area (Å²) < 4.78 is 5.97. The van der Waals surface area contributed by atoms with Gasteiger partial charge in [-0.3, -0.25) is 33.7 Å². The predicted molar refractivity (Wildman–Crippen MR) is 133 cm³/mol. The molecule has 1 aromatic carbocycles. The molecular weight excluding hydrogens is 510 g/mol. The van der Waals surface area contributed by atoms with Crippen LogP contribution >= 0.6 is 0 Å². The SMILES string of the molecule is C[C@@H]1c2ccc(N)c(O)c2C(=O)C2C(=O)[C@@]3(O)C(=O)C(C(N)=O)C(=O)[C@H](N(C)C)[C@H]3[C@H](OC(=O)C3CCC3)[C@H]21. The van der Waals surface area contributed by atoms with Gasteiger partial charge in [0.2, 0.25) is 5.91 Å². The van der Waals surface area contributed by atoms with Crippen molar-refractivity contribution in [1.82, 2.24) is 4.90 Å². The van der Waals surface area contributed by atoms with Gasteiger partial charge in [-0.05, 0) is 44.5 Å². The second kappa shape index (κ2) is 8.95. The van der Waals surface area contributed by atoms with Gasteiger partial charge in [0.05, 0.1) is 35.0 Å². The highest BCUT2D eigenvalue weighted by Gasteiger charge is 2.74. The fourth-order valence-electron chi connectivity index (χ4n) is 7.00. The summed E-state index contributed by atoms with van der Waals surface area (Å²) in [5, 5.41) is 22.6. The number of Topliss-reactive ketones (excluding diaryl/α,β-unsaturated/α-hetero) is 4. The molecule has 12 nitrogen and oxygen atoms in total. The molecule has 4 aliphatic rings. The molecule has 1 aromatic rings. The van der Waals surface area contributed by atoms with Gasteiger partial charge in [-0.15, -0.1) is 0 Å². The van der Waals surface area contributed by atoms with Crippen molar-refractivity contribution in [3.63, 3.8) is 0 Å². The second-order valence-electron chi connectivity index (χ2n) is 11.4. The molecule has 6 N–H and O–H groups in total. The fourth-order valence-corrected chi connectivity index (χ4v) is 7.00. The molecule has 3 fully saturated rings. The van der Waals surface area contributed by atoms with E-state index in [9.17, 15) is 39.0 Å². The average Bonchev–Trinajstić information content (AvgIpc) is 2.81. The molecule has 0 aromatic heterocycles. The van der Waals surface area contributed by atoms with Crippen LogP contribution in [0.2, 0.25) is 0 Å². The zero-order chi connectivity index (χ0) is 28.7. The molecule has 3 saturated carbocycles. The number of anilines is 1. The fraction of sp³-hybridized carbons (Fsp3) is 0.556. The van der Waals surface area contributed by atoms with Crippen LogP contribution in [0.4, 0.5) is 5.69 Å². The van der Waals surface area contributed by atoms with E-state index in [0.717, 1.165) is 6.42 Å². The van der Waals surface area contributed by atoms with Crippen LogP contribution in [0.25, 0.3) is 0 Å². The molecule has 0 bridgehead atoms. The number of nitrogens with two attached hydrogens (primary N) is 2. The van der Waals surface area contributed by atoms with Crippen molar-refractivity contribution >= 4 is 40.7 Å². The van der Waals surface area contributed by atoms with Gasteiger partial charge in [0.1, 0.15) is 11.9 Å². The number of phenols is 1. The topological polar surface area (TPSA) is 207 Å². The van der Waals surface area contributed by atoms with Gasteiger partial charge in [-0.1, -0.05) is 19.4 Å². The third-order valence-corrected chi connectivity index (χ3v) is 9.18. The molecule has 1 amide bonds. The number of hydrogen-bond donors (Lipinski definition) is 4. The van der Waals surface area contributed by atoms with Crippen LogP contribution in [-0.2, 0) is 28.7 Å². The lowest BCUT2D eigenvalue weighted by Gasteiger charge is -2.56. The van der Waals surface area contributed by atoms with Crippen molar-refractivity contribution in [2.45, 2.75) is 49.9 Å². The van der Waals surface area contributed by atoms with Crippen LogP contribution in [0, 0.1) is 29.6 Å². The maximum atomic E-state index is 14.1. The Morgan fingerprint density at radius 2 is 1.74 bits per heavy atom. The molecule has 8 atom stereocenters. The lowest BCUT2D eigenvalue weighted by Crippen LogP contribution is -2.78. The highest BCUT2D eigenvalue weighted by molar-refractivity contribution is 6.32. The molecular formula is C27H31N3O9. The predicted octanol–water partition coefficient (Wildman–Crippen LogP) is -0.668. The Bertz CT molecular complexity index is 1340. The Morgan fingerprint density at radius 3 is 2.28 bits per heavy atom. The first-order valence-corrected chi connectivity index (χ1v) is 12.9. The minimum absolute atomic E-state index is 0.110. The lowest BCUT2D eigenvalue weighted by atomic mass is 9.49. The van der Waals surface area contributed by atoms with Crippen LogP contribution in [0.5, 0.6) is 5.75 Å². The zero-order valence-electron chi connectivity index (χ0n) is 21.7. The first-order chi connectivity index (χ1) is 18.2. The van der Waals surface area contributed by atoms with Gasteiger partial charge in [-0.25, -0.2) is 0 Å². The molecule has 0 heterocycles. The minimum Gasteiger partial charge on any atom is -0.505 e. The van der Waals surface area contributed by atoms with E-state index in [4.69, 9.17) is 16.2 Å². The number of rotatable bonds is 4. The number of primary amides is 1. The summed E-state index contributed by atoms with van der Waals surface area (Å²) in [4.78, 5) is 81.9. The van der Waals surface area contributed by atoms with Crippen LogP contribution in [0.3, 0.4) is 0 Å². The van der Waals surface area contributed by atoms with E-state index in [-0.39, 0.29) is 11.3 Å². The number of fused-ring (bicyclic) bond motifs is 3. The van der Waals surface area contributed by atoms with E-state index in [1.165, 1.54) is 31.1 Å². The number of phenolic OH excluding ortho intramolecular Hbond substituents is 1. The Balaban J connectivity index is 1.76. The van der Waals surface area contributed by atoms with Gasteiger partial charge in [-0.2, -0.15) is 0 Å². The Kier molecular flexibility index (Phi) is 6.18. The highest BCUT2D eigenvalue weighted by atomic mass is 16.5. The third kappa shape index (κ3) is 3.50. The van der Waals surface area contributed by atoms with Crippen LogP contribution < -0.4 is 11.5 Å². The van der Waals surface area contributed by atoms with Crippen molar-refractivity contribution in [3.05, 3.63) is 23.3 Å². The highest BCUT2D eigenvalue weighted by Crippen LogP contribution is 2.56. The lowest BCUT2D eigenvalue weighted by molar-refractivity contribution is -0.208. The summed E-state index contributed by atoms with van der Waals surface area (Å²) in [6, 6.07) is 1.52. The number of aromatic hydroxyl groups is 1. The van der Waals surface area contributed by atoms with Crippen LogP contribution in [0.1, 0.15) is 48.0 Å². The summed E-state index contributed by atoms with van der Waals surface area (Å²) >= 11 is 0. The summed E-state index contributed by atoms with van der Waals surface area (Å²) in [5.74, 6) is -14.7. The smallest absolute Gasteiger partial charge is 0.309 e. The molecule has 2 unspecified atom stereocenters. The number of hydrogen-bond acceptors (Lipinski definition) is 11. The van der Waals surface area contributed by atoms with Crippen LogP contribution in [0.15, 0.2) is 12.1 Å². The van der Waals surface area contributed by atoms with E-state index in [2.05, 4.69) is 0 Å². The quantitative estimate of drug-likeness (QED) is 0.163. The number of likely N-dealkylation sites (N-methyl/N-ethyl adjacent to an activating group) is 1. The molecule has 208 valence electrons. The summed E-state index contributed by atoms with van der Waals surface area (Å²) in [6.07, 6.45) is 0.503. The number of carbonyl (C=O) groups is 6. The summed E-state index contributed by atoms with van der Waals surface area (Å²) in [5.41, 5.74) is 8.17. The largest absolute Gasteiger partial charge is 0.505 e. The van der Waals surface area contributed by atoms with Crippen molar-refractivity contribution < 1.29 is 43.7 Å². The standard InChI is InChI=1S/C27H31N3O9/c1-9-11-7-8-12(28)19(31)14(11)20(32)15-13(9)22(39-26(37)10-5-4-6-10)17-18(30(2)3)21(33)16(25(29)36)24(35)27(17,38)23(15)34/h7-10,13,15-18,22,31,38H,4-6,28H2,1-3H3,(H2,29,36)/t9-,13+,15?,16?,17+,18-,22-,27-/m1/s1. The molecule has 12 heteroatoms. The van der Waals surface area contributed by atoms with Crippen molar-refractivity contribution in [1.29, 1.82) is 0 Å². The molecule has 0 aliphatic heterocycles.